The Morgan fingerprint density at radius 2 is 1.32 bits per heavy atom. The summed E-state index contributed by atoms with van der Waals surface area (Å²) < 4.78 is 17.1. The molecule has 0 spiro atoms. The van der Waals surface area contributed by atoms with E-state index in [4.69, 9.17) is 14.2 Å². The zero-order chi connectivity index (χ0) is 23.6. The van der Waals surface area contributed by atoms with Gasteiger partial charge >= 0.3 is 0 Å². The Morgan fingerprint density at radius 3 is 1.85 bits per heavy atom. The number of amides is 2. The van der Waals surface area contributed by atoms with Gasteiger partial charge in [-0.15, -0.1) is 0 Å². The Bertz CT molecular complexity index is 1250. The topological polar surface area (TPSA) is 65.1 Å². The van der Waals surface area contributed by atoms with Crippen LogP contribution in [0, 0.1) is 11.8 Å². The van der Waals surface area contributed by atoms with E-state index in [0.29, 0.717) is 11.4 Å². The summed E-state index contributed by atoms with van der Waals surface area (Å²) >= 11 is 0. The molecule has 3 aliphatic carbocycles. The van der Waals surface area contributed by atoms with Crippen molar-refractivity contribution >= 4 is 17.5 Å². The third kappa shape index (κ3) is 2.42. The fourth-order valence-electron chi connectivity index (χ4n) is 6.68. The standard InChI is InChI=1S/C28H25NO5/c1-32-17-14-12-16(13-15-17)29-25(30)23-22-18-8-4-6-10-20(18)28(24(23)26(29)31,27(33-2)34-3)21-11-7-5-9-19(21)22/h4-15,22-24,27H,1-3H3/t22?,23-,24+,28?/m0/s1. The van der Waals surface area contributed by atoms with Crippen molar-refractivity contribution in [2.75, 3.05) is 26.2 Å². The largest absolute Gasteiger partial charge is 0.497 e. The molecular weight excluding hydrogens is 430 g/mol. The molecule has 1 aliphatic heterocycles. The maximum atomic E-state index is 14.2. The first kappa shape index (κ1) is 21.1. The first-order valence-corrected chi connectivity index (χ1v) is 11.4. The molecule has 7 rings (SSSR count). The third-order valence-corrected chi connectivity index (χ3v) is 7.81. The summed E-state index contributed by atoms with van der Waals surface area (Å²) in [6.07, 6.45) is -0.754. The zero-order valence-electron chi connectivity index (χ0n) is 19.2. The molecule has 2 bridgehead atoms. The molecule has 2 atom stereocenters. The molecule has 172 valence electrons. The van der Waals surface area contributed by atoms with Crippen molar-refractivity contribution in [2.24, 2.45) is 11.8 Å². The maximum Gasteiger partial charge on any atom is 0.239 e. The summed E-state index contributed by atoms with van der Waals surface area (Å²) in [6.45, 7) is 0. The van der Waals surface area contributed by atoms with Crippen LogP contribution in [0.1, 0.15) is 28.2 Å². The number of nitrogens with zero attached hydrogens (tertiary/aromatic N) is 1. The van der Waals surface area contributed by atoms with Crippen molar-refractivity contribution in [3.05, 3.63) is 95.1 Å². The minimum Gasteiger partial charge on any atom is -0.497 e. The number of ether oxygens (including phenoxy) is 3. The lowest BCUT2D eigenvalue weighted by Crippen LogP contribution is -2.60. The molecule has 0 radical (unpaired) electrons. The Morgan fingerprint density at radius 1 is 0.765 bits per heavy atom. The lowest BCUT2D eigenvalue weighted by atomic mass is 9.47. The molecule has 2 amide bonds. The number of imide groups is 1. The van der Waals surface area contributed by atoms with Gasteiger partial charge in [0.05, 0.1) is 30.0 Å². The Balaban J connectivity index is 1.64. The zero-order valence-corrected chi connectivity index (χ0v) is 19.2. The van der Waals surface area contributed by atoms with Crippen molar-refractivity contribution in [3.63, 3.8) is 0 Å². The van der Waals surface area contributed by atoms with E-state index in [0.717, 1.165) is 22.3 Å². The van der Waals surface area contributed by atoms with E-state index in [2.05, 4.69) is 12.1 Å². The van der Waals surface area contributed by atoms with Crippen molar-refractivity contribution in [1.29, 1.82) is 0 Å². The number of benzene rings is 3. The Kier molecular flexibility index (Phi) is 4.66. The maximum absolute atomic E-state index is 14.2. The number of hydrogen-bond acceptors (Lipinski definition) is 5. The molecule has 6 heteroatoms. The Hall–Kier alpha value is -3.48. The Labute approximate surface area is 198 Å². The van der Waals surface area contributed by atoms with Gasteiger partial charge in [0.1, 0.15) is 5.75 Å². The van der Waals surface area contributed by atoms with Crippen LogP contribution in [0.4, 0.5) is 5.69 Å². The van der Waals surface area contributed by atoms with Gasteiger partial charge in [0.15, 0.2) is 6.29 Å². The molecule has 4 aliphatic rings. The van der Waals surface area contributed by atoms with Crippen LogP contribution in [-0.4, -0.2) is 39.4 Å². The van der Waals surface area contributed by atoms with Crippen LogP contribution in [0.5, 0.6) is 5.75 Å². The summed E-state index contributed by atoms with van der Waals surface area (Å²) in [4.78, 5) is 29.6. The van der Waals surface area contributed by atoms with Crippen LogP contribution in [0.3, 0.4) is 0 Å². The number of methoxy groups -OCH3 is 3. The van der Waals surface area contributed by atoms with Gasteiger partial charge in [0.25, 0.3) is 0 Å². The molecule has 34 heavy (non-hydrogen) atoms. The predicted octanol–water partition coefficient (Wildman–Crippen LogP) is 3.86. The molecule has 3 aromatic carbocycles. The van der Waals surface area contributed by atoms with Gasteiger partial charge in [-0.2, -0.15) is 0 Å². The van der Waals surface area contributed by atoms with Gasteiger partial charge in [-0.05, 0) is 46.5 Å². The highest BCUT2D eigenvalue weighted by atomic mass is 16.7. The fraction of sp³-hybridized carbons (Fsp3) is 0.286. The summed E-state index contributed by atoms with van der Waals surface area (Å²) in [5.74, 6) is -1.17. The van der Waals surface area contributed by atoms with Crippen LogP contribution >= 0.6 is 0 Å². The van der Waals surface area contributed by atoms with Crippen LogP contribution in [0.25, 0.3) is 0 Å². The van der Waals surface area contributed by atoms with Crippen molar-refractivity contribution < 1.29 is 23.8 Å². The minimum absolute atomic E-state index is 0.190. The van der Waals surface area contributed by atoms with E-state index in [1.807, 2.05) is 36.4 Å². The molecule has 1 fully saturated rings. The molecule has 1 heterocycles. The number of hydrogen-bond donors (Lipinski definition) is 0. The number of carbonyl (C=O) groups is 2. The number of rotatable bonds is 5. The minimum atomic E-state index is -0.954. The molecular formula is C28H25NO5. The molecule has 1 saturated heterocycles. The molecule has 0 N–H and O–H groups in total. The SMILES string of the molecule is COc1ccc(N2C(=O)[C@H]3C4c5ccccc5C(C(OC)OC)(c5ccccc54)[C@H]3C2=O)cc1. The molecule has 3 aromatic rings. The molecule has 0 unspecified atom stereocenters. The average Bonchev–Trinajstić information content (AvgIpc) is 3.16. The monoisotopic (exact) mass is 455 g/mol. The molecule has 0 aromatic heterocycles. The van der Waals surface area contributed by atoms with Gasteiger partial charge in [0.2, 0.25) is 11.8 Å². The van der Waals surface area contributed by atoms with E-state index >= 15 is 0 Å². The number of carbonyl (C=O) groups excluding carboxylic acids is 2. The van der Waals surface area contributed by atoms with Crippen molar-refractivity contribution in [3.8, 4) is 5.75 Å². The summed E-state index contributed by atoms with van der Waals surface area (Å²) in [5, 5.41) is 0. The fourth-order valence-corrected chi connectivity index (χ4v) is 6.68. The molecule has 0 saturated carbocycles. The smallest absolute Gasteiger partial charge is 0.239 e. The lowest BCUT2D eigenvalue weighted by Gasteiger charge is -2.56. The van der Waals surface area contributed by atoms with Gasteiger partial charge < -0.3 is 14.2 Å². The van der Waals surface area contributed by atoms with Gasteiger partial charge in [-0.1, -0.05) is 48.5 Å². The van der Waals surface area contributed by atoms with Crippen LogP contribution < -0.4 is 9.64 Å². The summed E-state index contributed by atoms with van der Waals surface area (Å²) in [7, 11) is 4.76. The van der Waals surface area contributed by atoms with E-state index in [1.54, 1.807) is 45.6 Å². The van der Waals surface area contributed by atoms with Gasteiger partial charge in [-0.3, -0.25) is 9.59 Å². The van der Waals surface area contributed by atoms with Crippen molar-refractivity contribution in [2.45, 2.75) is 17.6 Å². The average molecular weight is 456 g/mol. The van der Waals surface area contributed by atoms with E-state index in [-0.39, 0.29) is 17.7 Å². The summed E-state index contributed by atoms with van der Waals surface area (Å²) in [6, 6.07) is 23.2. The normalized spacial score (nSPS) is 26.5. The quantitative estimate of drug-likeness (QED) is 0.432. The van der Waals surface area contributed by atoms with Crippen LogP contribution in [-0.2, 0) is 24.5 Å². The second kappa shape index (κ2) is 7.52. The van der Waals surface area contributed by atoms with Crippen LogP contribution in [0.2, 0.25) is 0 Å². The summed E-state index contributed by atoms with van der Waals surface area (Å²) in [5.41, 5.74) is 3.68. The highest BCUT2D eigenvalue weighted by Gasteiger charge is 2.71. The van der Waals surface area contributed by atoms with E-state index in [9.17, 15) is 9.59 Å². The van der Waals surface area contributed by atoms with E-state index < -0.39 is 23.5 Å². The highest BCUT2D eigenvalue weighted by molar-refractivity contribution is 6.23. The van der Waals surface area contributed by atoms with E-state index in [1.165, 1.54) is 4.90 Å². The highest BCUT2D eigenvalue weighted by Crippen LogP contribution is 2.65. The lowest BCUT2D eigenvalue weighted by molar-refractivity contribution is -0.168. The van der Waals surface area contributed by atoms with Crippen molar-refractivity contribution in [1.82, 2.24) is 0 Å². The molecule has 6 nitrogen and oxygen atoms in total. The second-order valence-electron chi connectivity index (χ2n) is 9.04. The predicted molar refractivity (Wildman–Crippen MR) is 126 cm³/mol. The first-order chi connectivity index (χ1) is 16.6. The van der Waals surface area contributed by atoms with Crippen LogP contribution in [0.15, 0.2) is 72.8 Å². The number of anilines is 1. The first-order valence-electron chi connectivity index (χ1n) is 11.4. The van der Waals surface area contributed by atoms with Gasteiger partial charge in [-0.25, -0.2) is 4.90 Å². The van der Waals surface area contributed by atoms with Gasteiger partial charge in [0, 0.05) is 20.1 Å². The second-order valence-corrected chi connectivity index (χ2v) is 9.04. The third-order valence-electron chi connectivity index (χ3n) is 7.81.